The Morgan fingerprint density at radius 2 is 2.30 bits per heavy atom. The Morgan fingerprint density at radius 1 is 1.45 bits per heavy atom. The molecule has 1 aromatic heterocycles. The van der Waals surface area contributed by atoms with Gasteiger partial charge in [0.25, 0.3) is 0 Å². The molecule has 20 heavy (non-hydrogen) atoms. The summed E-state index contributed by atoms with van der Waals surface area (Å²) in [6.45, 7) is 3.73. The van der Waals surface area contributed by atoms with Crippen molar-refractivity contribution >= 4 is 22.9 Å². The van der Waals surface area contributed by atoms with Gasteiger partial charge in [-0.3, -0.25) is 4.90 Å². The summed E-state index contributed by atoms with van der Waals surface area (Å²) in [6, 6.07) is 0.771. The average molecular weight is 316 g/mol. The first-order valence-electron chi connectivity index (χ1n) is 7.57. The Hall–Kier alpha value is -0.160. The summed E-state index contributed by atoms with van der Waals surface area (Å²) < 4.78 is 0. The Morgan fingerprint density at radius 3 is 3.00 bits per heavy atom. The van der Waals surface area contributed by atoms with E-state index in [1.807, 2.05) is 0 Å². The van der Waals surface area contributed by atoms with E-state index in [1.165, 1.54) is 50.3 Å². The number of aromatic nitrogens is 1. The molecule has 2 rings (SSSR count). The fourth-order valence-electron chi connectivity index (χ4n) is 2.93. The minimum atomic E-state index is 0.538. The summed E-state index contributed by atoms with van der Waals surface area (Å²) in [5.74, 6) is 0.538. The van der Waals surface area contributed by atoms with E-state index in [9.17, 15) is 0 Å². The van der Waals surface area contributed by atoms with Crippen LogP contribution in [0.15, 0.2) is 5.38 Å². The smallest absolute Gasteiger partial charge is 0.0928 e. The number of unbranched alkanes of at least 4 members (excludes halogenated alkanes) is 1. The highest BCUT2D eigenvalue weighted by molar-refractivity contribution is 7.09. The van der Waals surface area contributed by atoms with Crippen LogP contribution in [0.3, 0.4) is 0 Å². The van der Waals surface area contributed by atoms with E-state index in [4.69, 9.17) is 11.6 Å². The topological polar surface area (TPSA) is 19.4 Å². The van der Waals surface area contributed by atoms with Gasteiger partial charge in [0.05, 0.1) is 16.6 Å². The number of aryl methyl sites for hydroxylation is 1. The molecule has 0 amide bonds. The number of likely N-dealkylation sites (N-methyl/N-ethyl adjacent to an activating group) is 1. The molecule has 0 radical (unpaired) electrons. The molecule has 1 unspecified atom stereocenters. The van der Waals surface area contributed by atoms with Gasteiger partial charge in [0.2, 0.25) is 0 Å². The van der Waals surface area contributed by atoms with E-state index < -0.39 is 0 Å². The lowest BCUT2D eigenvalue weighted by Crippen LogP contribution is -2.38. The molecule has 5 heteroatoms. The predicted octanol–water partition coefficient (Wildman–Crippen LogP) is 3.23. The van der Waals surface area contributed by atoms with Crippen LogP contribution in [0, 0.1) is 0 Å². The highest BCUT2D eigenvalue weighted by Crippen LogP contribution is 2.19. The molecule has 1 fully saturated rings. The third kappa shape index (κ3) is 4.99. The van der Waals surface area contributed by atoms with Crippen LogP contribution >= 0.6 is 22.9 Å². The Bertz CT molecular complexity index is 394. The van der Waals surface area contributed by atoms with Gasteiger partial charge in [-0.15, -0.1) is 22.9 Å². The maximum atomic E-state index is 5.78. The van der Waals surface area contributed by atoms with Gasteiger partial charge < -0.3 is 4.90 Å². The summed E-state index contributed by atoms with van der Waals surface area (Å²) >= 11 is 7.53. The molecule has 2 heterocycles. The Balaban J connectivity index is 1.65. The zero-order valence-electron chi connectivity index (χ0n) is 12.6. The largest absolute Gasteiger partial charge is 0.308 e. The predicted molar refractivity (Wildman–Crippen MR) is 87.8 cm³/mol. The molecule has 1 aliphatic heterocycles. The van der Waals surface area contributed by atoms with Gasteiger partial charge >= 0.3 is 0 Å². The third-order valence-corrected chi connectivity index (χ3v) is 5.13. The summed E-state index contributed by atoms with van der Waals surface area (Å²) in [4.78, 5) is 9.50. The number of hydrogen-bond donors (Lipinski definition) is 0. The Kier molecular flexibility index (Phi) is 6.75. The zero-order chi connectivity index (χ0) is 14.4. The number of halogens is 1. The van der Waals surface area contributed by atoms with E-state index in [2.05, 4.69) is 34.3 Å². The minimum Gasteiger partial charge on any atom is -0.308 e. The molecule has 0 aromatic carbocycles. The second-order valence-corrected chi connectivity index (χ2v) is 7.13. The van der Waals surface area contributed by atoms with Gasteiger partial charge in [-0.1, -0.05) is 0 Å². The molecule has 1 atom stereocenters. The SMILES string of the molecule is CN(C)CC1CCCN1CCCCc1nc(CCl)cs1. The maximum Gasteiger partial charge on any atom is 0.0928 e. The van der Waals surface area contributed by atoms with Crippen molar-refractivity contribution in [3.8, 4) is 0 Å². The average Bonchev–Trinajstić information content (AvgIpc) is 3.03. The maximum absolute atomic E-state index is 5.78. The van der Waals surface area contributed by atoms with Gasteiger partial charge in [-0.05, 0) is 59.3 Å². The first-order valence-corrected chi connectivity index (χ1v) is 8.98. The second-order valence-electron chi connectivity index (χ2n) is 5.92. The van der Waals surface area contributed by atoms with Crippen molar-refractivity contribution in [3.05, 3.63) is 16.1 Å². The number of likely N-dealkylation sites (tertiary alicyclic amines) is 1. The van der Waals surface area contributed by atoms with Gasteiger partial charge in [-0.25, -0.2) is 4.98 Å². The molecule has 0 spiro atoms. The second kappa shape index (κ2) is 8.32. The molecular formula is C15H26ClN3S. The van der Waals surface area contributed by atoms with Crippen LogP contribution in [-0.2, 0) is 12.3 Å². The normalized spacial score (nSPS) is 20.1. The summed E-state index contributed by atoms with van der Waals surface area (Å²) in [7, 11) is 4.35. The number of nitrogens with zero attached hydrogens (tertiary/aromatic N) is 3. The molecule has 0 saturated carbocycles. The lowest BCUT2D eigenvalue weighted by molar-refractivity contribution is 0.205. The number of alkyl halides is 1. The van der Waals surface area contributed by atoms with Crippen molar-refractivity contribution in [1.82, 2.24) is 14.8 Å². The van der Waals surface area contributed by atoms with Crippen LogP contribution in [0.1, 0.15) is 36.4 Å². The summed E-state index contributed by atoms with van der Waals surface area (Å²) in [5.41, 5.74) is 1.03. The molecule has 0 N–H and O–H groups in total. The van der Waals surface area contributed by atoms with Crippen molar-refractivity contribution < 1.29 is 0 Å². The summed E-state index contributed by atoms with van der Waals surface area (Å²) in [6.07, 6.45) is 6.35. The minimum absolute atomic E-state index is 0.538. The van der Waals surface area contributed by atoms with Gasteiger partial charge in [0, 0.05) is 18.0 Å². The molecule has 0 bridgehead atoms. The van der Waals surface area contributed by atoms with Gasteiger partial charge in [0.15, 0.2) is 0 Å². The van der Waals surface area contributed by atoms with Crippen molar-refractivity contribution in [1.29, 1.82) is 0 Å². The lowest BCUT2D eigenvalue weighted by atomic mass is 10.2. The highest BCUT2D eigenvalue weighted by Gasteiger charge is 2.23. The van der Waals surface area contributed by atoms with E-state index in [0.29, 0.717) is 5.88 Å². The molecule has 114 valence electrons. The molecule has 1 aliphatic rings. The fraction of sp³-hybridized carbons (Fsp3) is 0.800. The fourth-order valence-corrected chi connectivity index (χ4v) is 4.00. The standard InChI is InChI=1S/C15H26ClN3S/c1-18(2)11-14-6-5-9-19(14)8-4-3-7-15-17-13(10-16)12-20-15/h12,14H,3-11H2,1-2H3. The van der Waals surface area contributed by atoms with Crippen LogP contribution in [0.2, 0.25) is 0 Å². The highest BCUT2D eigenvalue weighted by atomic mass is 35.5. The molecule has 1 aromatic rings. The van der Waals surface area contributed by atoms with Crippen molar-refractivity contribution in [2.45, 2.75) is 44.0 Å². The number of hydrogen-bond acceptors (Lipinski definition) is 4. The van der Waals surface area contributed by atoms with E-state index in [0.717, 1.165) is 18.2 Å². The summed E-state index contributed by atoms with van der Waals surface area (Å²) in [5, 5.41) is 3.32. The third-order valence-electron chi connectivity index (χ3n) is 3.90. The first-order chi connectivity index (χ1) is 9.69. The van der Waals surface area contributed by atoms with Crippen LogP contribution in [0.4, 0.5) is 0 Å². The molecule has 1 saturated heterocycles. The molecule has 0 aliphatic carbocycles. The van der Waals surface area contributed by atoms with E-state index in [-0.39, 0.29) is 0 Å². The van der Waals surface area contributed by atoms with E-state index in [1.54, 1.807) is 11.3 Å². The monoisotopic (exact) mass is 315 g/mol. The molecular weight excluding hydrogens is 290 g/mol. The number of rotatable bonds is 8. The zero-order valence-corrected chi connectivity index (χ0v) is 14.2. The van der Waals surface area contributed by atoms with E-state index >= 15 is 0 Å². The van der Waals surface area contributed by atoms with Crippen LogP contribution < -0.4 is 0 Å². The Labute approximate surface area is 131 Å². The van der Waals surface area contributed by atoms with Crippen LogP contribution in [-0.4, -0.2) is 54.6 Å². The van der Waals surface area contributed by atoms with Gasteiger partial charge in [-0.2, -0.15) is 0 Å². The first kappa shape index (κ1) is 16.2. The van der Waals surface area contributed by atoms with Gasteiger partial charge in [0.1, 0.15) is 0 Å². The van der Waals surface area contributed by atoms with Crippen LogP contribution in [0.25, 0.3) is 0 Å². The lowest BCUT2D eigenvalue weighted by Gasteiger charge is -2.26. The number of thiazole rings is 1. The quantitative estimate of drug-likeness (QED) is 0.542. The van der Waals surface area contributed by atoms with Crippen molar-refractivity contribution in [2.24, 2.45) is 0 Å². The van der Waals surface area contributed by atoms with Crippen molar-refractivity contribution in [2.75, 3.05) is 33.7 Å². The van der Waals surface area contributed by atoms with Crippen LogP contribution in [0.5, 0.6) is 0 Å². The van der Waals surface area contributed by atoms with Crippen molar-refractivity contribution in [3.63, 3.8) is 0 Å². The molecule has 3 nitrogen and oxygen atoms in total.